The molecule has 1 aliphatic rings. The fourth-order valence-corrected chi connectivity index (χ4v) is 4.72. The minimum absolute atomic E-state index is 0.770. The van der Waals surface area contributed by atoms with E-state index in [1.165, 1.54) is 16.7 Å². The van der Waals surface area contributed by atoms with Crippen LogP contribution in [0.2, 0.25) is 0 Å². The van der Waals surface area contributed by atoms with E-state index in [9.17, 15) is 0 Å². The van der Waals surface area contributed by atoms with Crippen molar-refractivity contribution in [3.8, 4) is 28.6 Å². The lowest BCUT2D eigenvalue weighted by molar-refractivity contribution is 0.260. The average Bonchev–Trinajstić information content (AvgIpc) is 3.18. The van der Waals surface area contributed by atoms with Gasteiger partial charge in [-0.2, -0.15) is 0 Å². The van der Waals surface area contributed by atoms with Crippen molar-refractivity contribution in [1.29, 1.82) is 0 Å². The Kier molecular flexibility index (Phi) is 5.97. The summed E-state index contributed by atoms with van der Waals surface area (Å²) in [5.41, 5.74) is 5.70. The molecule has 0 saturated carbocycles. The molecule has 5 heteroatoms. The summed E-state index contributed by atoms with van der Waals surface area (Å²) in [5.74, 6) is 3.21. The zero-order valence-electron chi connectivity index (χ0n) is 19.4. The van der Waals surface area contributed by atoms with Crippen molar-refractivity contribution in [3.63, 3.8) is 0 Å². The smallest absolute Gasteiger partial charge is 0.176 e. The molecule has 0 amide bonds. The number of furan rings is 1. The van der Waals surface area contributed by atoms with Crippen LogP contribution in [0.25, 0.3) is 22.3 Å². The van der Waals surface area contributed by atoms with E-state index in [0.717, 1.165) is 72.0 Å². The van der Waals surface area contributed by atoms with Crippen LogP contribution >= 0.6 is 0 Å². The number of hydrogen-bond acceptors (Lipinski definition) is 5. The van der Waals surface area contributed by atoms with Crippen LogP contribution in [0, 0.1) is 0 Å². The van der Waals surface area contributed by atoms with Gasteiger partial charge in [-0.15, -0.1) is 0 Å². The van der Waals surface area contributed by atoms with E-state index in [1.807, 2.05) is 18.2 Å². The number of aryl methyl sites for hydroxylation is 1. The van der Waals surface area contributed by atoms with Gasteiger partial charge in [0.05, 0.1) is 21.3 Å². The minimum Gasteiger partial charge on any atom is -0.493 e. The summed E-state index contributed by atoms with van der Waals surface area (Å²) < 4.78 is 22.9. The molecule has 5 rings (SSSR count). The Morgan fingerprint density at radius 1 is 0.818 bits per heavy atom. The summed E-state index contributed by atoms with van der Waals surface area (Å²) in [4.78, 5) is 2.48. The molecule has 1 aromatic heterocycles. The van der Waals surface area contributed by atoms with Crippen molar-refractivity contribution in [2.45, 2.75) is 25.9 Å². The fourth-order valence-electron chi connectivity index (χ4n) is 4.72. The predicted octanol–water partition coefficient (Wildman–Crippen LogP) is 6.07. The van der Waals surface area contributed by atoms with Crippen LogP contribution < -0.4 is 14.2 Å². The van der Waals surface area contributed by atoms with Crippen LogP contribution in [0.1, 0.15) is 23.1 Å². The molecule has 0 bridgehead atoms. The van der Waals surface area contributed by atoms with Crippen LogP contribution in [0.5, 0.6) is 17.2 Å². The lowest BCUT2D eigenvalue weighted by Gasteiger charge is -2.21. The van der Waals surface area contributed by atoms with Crippen molar-refractivity contribution in [2.24, 2.45) is 0 Å². The zero-order chi connectivity index (χ0) is 22.8. The molecule has 0 fully saturated rings. The van der Waals surface area contributed by atoms with E-state index in [4.69, 9.17) is 18.6 Å². The predicted molar refractivity (Wildman–Crippen MR) is 130 cm³/mol. The summed E-state index contributed by atoms with van der Waals surface area (Å²) >= 11 is 0. The molecule has 1 aliphatic heterocycles. The highest BCUT2D eigenvalue weighted by atomic mass is 16.5. The molecule has 0 unspecified atom stereocenters. The van der Waals surface area contributed by atoms with E-state index in [2.05, 4.69) is 47.4 Å². The van der Waals surface area contributed by atoms with Crippen LogP contribution in [0.4, 0.5) is 0 Å². The van der Waals surface area contributed by atoms with Crippen LogP contribution in [-0.2, 0) is 19.5 Å². The van der Waals surface area contributed by atoms with E-state index in [0.29, 0.717) is 0 Å². The normalized spacial score (nSPS) is 14.0. The maximum Gasteiger partial charge on any atom is 0.176 e. The van der Waals surface area contributed by atoms with Crippen molar-refractivity contribution >= 4 is 11.0 Å². The lowest BCUT2D eigenvalue weighted by Crippen LogP contribution is -2.22. The first-order valence-electron chi connectivity index (χ1n) is 11.3. The Hall–Kier alpha value is -3.44. The van der Waals surface area contributed by atoms with Gasteiger partial charge in [0.1, 0.15) is 5.76 Å². The van der Waals surface area contributed by atoms with Gasteiger partial charge in [0.25, 0.3) is 0 Å². The number of hydrogen-bond donors (Lipinski definition) is 0. The Labute approximate surface area is 194 Å². The van der Waals surface area contributed by atoms with Gasteiger partial charge in [0, 0.05) is 24.0 Å². The Balaban J connectivity index is 1.44. The summed E-state index contributed by atoms with van der Waals surface area (Å²) in [5, 5.41) is 1.06. The molecule has 0 saturated heterocycles. The van der Waals surface area contributed by atoms with E-state index < -0.39 is 0 Å². The van der Waals surface area contributed by atoms with Gasteiger partial charge in [-0.25, -0.2) is 0 Å². The SMILES string of the molecule is COc1cc2c(cc1OC)CN(Cc1cc(OC)c3oc(-c4ccccc4)cc3c1)CCC2. The third-order valence-electron chi connectivity index (χ3n) is 6.35. The van der Waals surface area contributed by atoms with Gasteiger partial charge in [-0.1, -0.05) is 30.3 Å². The molecule has 0 atom stereocenters. The van der Waals surface area contributed by atoms with Gasteiger partial charge < -0.3 is 18.6 Å². The van der Waals surface area contributed by atoms with Crippen LogP contribution in [-0.4, -0.2) is 32.8 Å². The second kappa shape index (κ2) is 9.20. The largest absolute Gasteiger partial charge is 0.493 e. The maximum atomic E-state index is 6.17. The van der Waals surface area contributed by atoms with Crippen molar-refractivity contribution in [2.75, 3.05) is 27.9 Å². The Bertz CT molecular complexity index is 1260. The molecule has 0 spiro atoms. The number of ether oxygens (including phenoxy) is 3. The molecule has 4 aromatic rings. The molecular weight excluding hydrogens is 414 g/mol. The zero-order valence-corrected chi connectivity index (χ0v) is 19.4. The number of nitrogens with zero attached hydrogens (tertiary/aromatic N) is 1. The lowest BCUT2D eigenvalue weighted by atomic mass is 10.0. The molecule has 170 valence electrons. The van der Waals surface area contributed by atoms with E-state index in [-0.39, 0.29) is 0 Å². The second-order valence-corrected chi connectivity index (χ2v) is 8.48. The molecule has 0 aliphatic carbocycles. The summed E-state index contributed by atoms with van der Waals surface area (Å²) in [6, 6.07) is 20.8. The van der Waals surface area contributed by atoms with Gasteiger partial charge in [0.15, 0.2) is 22.8 Å². The monoisotopic (exact) mass is 443 g/mol. The number of benzene rings is 3. The first-order chi connectivity index (χ1) is 16.2. The average molecular weight is 444 g/mol. The summed E-state index contributed by atoms with van der Waals surface area (Å²) in [6.07, 6.45) is 2.14. The third-order valence-corrected chi connectivity index (χ3v) is 6.35. The van der Waals surface area contributed by atoms with Gasteiger partial charge in [0.2, 0.25) is 0 Å². The molecule has 2 heterocycles. The fraction of sp³-hybridized carbons (Fsp3) is 0.286. The number of methoxy groups -OCH3 is 3. The summed E-state index contributed by atoms with van der Waals surface area (Å²) in [6.45, 7) is 2.74. The molecule has 33 heavy (non-hydrogen) atoms. The molecule has 5 nitrogen and oxygen atoms in total. The molecule has 0 N–H and O–H groups in total. The highest BCUT2D eigenvalue weighted by molar-refractivity contribution is 5.88. The highest BCUT2D eigenvalue weighted by Crippen LogP contribution is 2.36. The maximum absolute atomic E-state index is 6.17. The first-order valence-corrected chi connectivity index (χ1v) is 11.3. The second-order valence-electron chi connectivity index (χ2n) is 8.48. The van der Waals surface area contributed by atoms with Crippen molar-refractivity contribution in [3.05, 3.63) is 77.4 Å². The first kappa shape index (κ1) is 21.4. The van der Waals surface area contributed by atoms with Gasteiger partial charge in [-0.05, 0) is 66.4 Å². The minimum atomic E-state index is 0.770. The molecule has 0 radical (unpaired) electrons. The van der Waals surface area contributed by atoms with Gasteiger partial charge in [-0.3, -0.25) is 4.90 Å². The van der Waals surface area contributed by atoms with Crippen LogP contribution in [0.3, 0.4) is 0 Å². The Morgan fingerprint density at radius 2 is 1.55 bits per heavy atom. The topological polar surface area (TPSA) is 44.1 Å². The molecular formula is C28H29NO4. The Morgan fingerprint density at radius 3 is 2.27 bits per heavy atom. The summed E-state index contributed by atoms with van der Waals surface area (Å²) in [7, 11) is 5.08. The number of rotatable bonds is 6. The quantitative estimate of drug-likeness (QED) is 0.362. The third kappa shape index (κ3) is 4.29. The van der Waals surface area contributed by atoms with Crippen molar-refractivity contribution < 1.29 is 18.6 Å². The van der Waals surface area contributed by atoms with E-state index in [1.54, 1.807) is 21.3 Å². The van der Waals surface area contributed by atoms with Crippen molar-refractivity contribution in [1.82, 2.24) is 4.90 Å². The number of fused-ring (bicyclic) bond motifs is 2. The van der Waals surface area contributed by atoms with E-state index >= 15 is 0 Å². The standard InChI is InChI=1S/C28H29NO4/c1-30-25-14-21-10-7-11-29(18-23(21)16-26(25)31-2)17-19-12-22-15-24(20-8-5-4-6-9-20)33-28(22)27(13-19)32-3/h4-6,8-9,12-16H,7,10-11,17-18H2,1-3H3. The molecule has 3 aromatic carbocycles. The van der Waals surface area contributed by atoms with Gasteiger partial charge >= 0.3 is 0 Å². The highest BCUT2D eigenvalue weighted by Gasteiger charge is 2.19. The van der Waals surface area contributed by atoms with Crippen LogP contribution in [0.15, 0.2) is 65.1 Å².